The average Bonchev–Trinajstić information content (AvgIpc) is 2.45. The van der Waals surface area contributed by atoms with Gasteiger partial charge in [-0.25, -0.2) is 0 Å². The largest absolute Gasteiger partial charge is 0.401 e. The quantitative estimate of drug-likeness (QED) is 0.579. The minimum absolute atomic E-state index is 0.844. The minimum Gasteiger partial charge on any atom is -0.401 e. The standard InChI is InChI=1S/C11H19NSi/c1-13(2,3)12-9-8-10-6-4-5-7-11(10)12/h4-5,7,10H,6,8-9H2,1-3H3. The van der Waals surface area contributed by atoms with E-state index in [0.717, 1.165) is 5.92 Å². The molecule has 2 rings (SSSR count). The van der Waals surface area contributed by atoms with Crippen molar-refractivity contribution < 1.29 is 0 Å². The van der Waals surface area contributed by atoms with E-state index in [1.54, 1.807) is 5.70 Å². The van der Waals surface area contributed by atoms with Crippen molar-refractivity contribution in [3.63, 3.8) is 0 Å². The molecule has 0 N–H and O–H groups in total. The number of nitrogens with zero attached hydrogens (tertiary/aromatic N) is 1. The molecule has 1 saturated heterocycles. The van der Waals surface area contributed by atoms with Gasteiger partial charge in [-0.1, -0.05) is 31.8 Å². The minimum atomic E-state index is -1.10. The molecule has 1 aliphatic heterocycles. The third-order valence-electron chi connectivity index (χ3n) is 3.06. The third-order valence-corrected chi connectivity index (χ3v) is 5.17. The molecule has 0 spiro atoms. The topological polar surface area (TPSA) is 3.24 Å². The first kappa shape index (κ1) is 9.07. The molecule has 1 heterocycles. The fraction of sp³-hybridized carbons (Fsp3) is 0.636. The zero-order chi connectivity index (χ0) is 9.47. The average molecular weight is 193 g/mol. The molecular formula is C11H19NSi. The SMILES string of the molecule is C[Si](C)(C)N1CCC2CC=CC=C21. The molecule has 0 amide bonds. The van der Waals surface area contributed by atoms with E-state index in [4.69, 9.17) is 0 Å². The lowest BCUT2D eigenvalue weighted by molar-refractivity contribution is 0.582. The van der Waals surface area contributed by atoms with E-state index in [1.165, 1.54) is 19.4 Å². The lowest BCUT2D eigenvalue weighted by Crippen LogP contribution is -2.43. The summed E-state index contributed by atoms with van der Waals surface area (Å²) in [4.78, 5) is 0. The Bertz CT molecular complexity index is 260. The molecule has 13 heavy (non-hydrogen) atoms. The molecule has 1 unspecified atom stereocenters. The van der Waals surface area contributed by atoms with Gasteiger partial charge in [-0.15, -0.1) is 0 Å². The highest BCUT2D eigenvalue weighted by Crippen LogP contribution is 2.36. The van der Waals surface area contributed by atoms with Crippen LogP contribution in [0.3, 0.4) is 0 Å². The van der Waals surface area contributed by atoms with Crippen molar-refractivity contribution in [2.24, 2.45) is 5.92 Å². The lowest BCUT2D eigenvalue weighted by Gasteiger charge is -2.34. The van der Waals surface area contributed by atoms with Gasteiger partial charge < -0.3 is 4.57 Å². The number of hydrogen-bond donors (Lipinski definition) is 0. The molecule has 1 nitrogen and oxygen atoms in total. The fourth-order valence-corrected chi connectivity index (χ4v) is 4.21. The fourth-order valence-electron chi connectivity index (χ4n) is 2.38. The summed E-state index contributed by atoms with van der Waals surface area (Å²) >= 11 is 0. The summed E-state index contributed by atoms with van der Waals surface area (Å²) in [5.41, 5.74) is 1.63. The first-order chi connectivity index (χ1) is 6.09. The lowest BCUT2D eigenvalue weighted by atomic mass is 9.97. The van der Waals surface area contributed by atoms with Crippen molar-refractivity contribution >= 4 is 8.24 Å². The van der Waals surface area contributed by atoms with E-state index in [9.17, 15) is 0 Å². The first-order valence-corrected chi connectivity index (χ1v) is 8.68. The monoisotopic (exact) mass is 193 g/mol. The Balaban J connectivity index is 2.24. The van der Waals surface area contributed by atoms with E-state index < -0.39 is 8.24 Å². The summed E-state index contributed by atoms with van der Waals surface area (Å²) in [5.74, 6) is 0.844. The van der Waals surface area contributed by atoms with Gasteiger partial charge in [0.15, 0.2) is 0 Å². The highest BCUT2D eigenvalue weighted by atomic mass is 28.3. The molecule has 1 atom stereocenters. The van der Waals surface area contributed by atoms with Crippen molar-refractivity contribution in [3.05, 3.63) is 23.9 Å². The van der Waals surface area contributed by atoms with Crippen LogP contribution in [-0.2, 0) is 0 Å². The molecule has 0 radical (unpaired) electrons. The smallest absolute Gasteiger partial charge is 0.147 e. The van der Waals surface area contributed by atoms with Crippen LogP contribution in [-0.4, -0.2) is 19.3 Å². The second kappa shape index (κ2) is 3.02. The molecule has 0 aromatic rings. The molecule has 2 heteroatoms. The number of rotatable bonds is 1. The Morgan fingerprint density at radius 1 is 1.38 bits per heavy atom. The Morgan fingerprint density at radius 3 is 2.85 bits per heavy atom. The second-order valence-electron chi connectivity index (χ2n) is 5.06. The van der Waals surface area contributed by atoms with Crippen LogP contribution < -0.4 is 0 Å². The van der Waals surface area contributed by atoms with Crippen LogP contribution in [0.15, 0.2) is 23.9 Å². The second-order valence-corrected chi connectivity index (χ2v) is 9.94. The van der Waals surface area contributed by atoms with E-state index >= 15 is 0 Å². The maximum Gasteiger partial charge on any atom is 0.147 e. The number of allylic oxidation sites excluding steroid dienone is 4. The molecule has 0 aromatic heterocycles. The van der Waals surface area contributed by atoms with Crippen LogP contribution in [0.1, 0.15) is 12.8 Å². The van der Waals surface area contributed by atoms with Gasteiger partial charge in [-0.3, -0.25) is 0 Å². The maximum atomic E-state index is 2.70. The molecule has 2 aliphatic rings. The van der Waals surface area contributed by atoms with Crippen LogP contribution in [0.4, 0.5) is 0 Å². The summed E-state index contributed by atoms with van der Waals surface area (Å²) in [6.45, 7) is 8.62. The van der Waals surface area contributed by atoms with Crippen molar-refractivity contribution in [2.45, 2.75) is 32.5 Å². The van der Waals surface area contributed by atoms with Crippen LogP contribution >= 0.6 is 0 Å². The first-order valence-electron chi connectivity index (χ1n) is 5.23. The predicted octanol–water partition coefficient (Wildman–Crippen LogP) is 2.99. The van der Waals surface area contributed by atoms with Gasteiger partial charge in [0, 0.05) is 18.2 Å². The normalized spacial score (nSPS) is 27.5. The van der Waals surface area contributed by atoms with E-state index in [-0.39, 0.29) is 0 Å². The van der Waals surface area contributed by atoms with Gasteiger partial charge in [0.05, 0.1) is 0 Å². The Hall–Kier alpha value is -0.503. The van der Waals surface area contributed by atoms with Crippen molar-refractivity contribution in [3.8, 4) is 0 Å². The van der Waals surface area contributed by atoms with Crippen molar-refractivity contribution in [1.82, 2.24) is 4.57 Å². The molecule has 1 fully saturated rings. The third kappa shape index (κ3) is 1.60. The van der Waals surface area contributed by atoms with Gasteiger partial charge in [0.2, 0.25) is 0 Å². The number of hydrogen-bond acceptors (Lipinski definition) is 1. The van der Waals surface area contributed by atoms with E-state index in [1.807, 2.05) is 0 Å². The van der Waals surface area contributed by atoms with E-state index in [0.29, 0.717) is 0 Å². The summed E-state index contributed by atoms with van der Waals surface area (Å²) < 4.78 is 2.70. The maximum absolute atomic E-state index is 2.70. The van der Waals surface area contributed by atoms with E-state index in [2.05, 4.69) is 42.4 Å². The highest BCUT2D eigenvalue weighted by molar-refractivity contribution is 6.73. The zero-order valence-corrected chi connectivity index (χ0v) is 9.88. The molecule has 72 valence electrons. The van der Waals surface area contributed by atoms with Gasteiger partial charge in [-0.2, -0.15) is 0 Å². The van der Waals surface area contributed by atoms with Crippen LogP contribution in [0, 0.1) is 5.92 Å². The highest BCUT2D eigenvalue weighted by Gasteiger charge is 2.34. The summed E-state index contributed by atoms with van der Waals surface area (Å²) in [6, 6.07) is 0. The van der Waals surface area contributed by atoms with Crippen LogP contribution in [0.2, 0.25) is 19.6 Å². The molecule has 0 saturated carbocycles. The van der Waals surface area contributed by atoms with Gasteiger partial charge in [-0.05, 0) is 18.9 Å². The molecule has 1 aliphatic carbocycles. The Morgan fingerprint density at radius 2 is 2.15 bits per heavy atom. The molecule has 0 aromatic carbocycles. The Labute approximate surface area is 82.2 Å². The summed E-state index contributed by atoms with van der Waals surface area (Å²) in [5, 5.41) is 0. The van der Waals surface area contributed by atoms with Crippen molar-refractivity contribution in [2.75, 3.05) is 6.54 Å². The number of fused-ring (bicyclic) bond motifs is 1. The molecular weight excluding hydrogens is 174 g/mol. The summed E-state index contributed by atoms with van der Waals surface area (Å²) in [7, 11) is -1.10. The van der Waals surface area contributed by atoms with Crippen LogP contribution in [0.5, 0.6) is 0 Å². The Kier molecular flexibility index (Phi) is 2.10. The van der Waals surface area contributed by atoms with Crippen LogP contribution in [0.25, 0.3) is 0 Å². The van der Waals surface area contributed by atoms with Gasteiger partial charge >= 0.3 is 0 Å². The zero-order valence-electron chi connectivity index (χ0n) is 8.88. The van der Waals surface area contributed by atoms with Crippen molar-refractivity contribution in [1.29, 1.82) is 0 Å². The molecule has 0 bridgehead atoms. The predicted molar refractivity (Wildman–Crippen MR) is 60.0 cm³/mol. The van der Waals surface area contributed by atoms with Gasteiger partial charge in [0.25, 0.3) is 0 Å². The summed E-state index contributed by atoms with van der Waals surface area (Å²) in [6.07, 6.45) is 9.51. The van der Waals surface area contributed by atoms with Gasteiger partial charge in [0.1, 0.15) is 8.24 Å².